The molecule has 3 N–H and O–H groups in total. The van der Waals surface area contributed by atoms with Crippen LogP contribution in [0.4, 0.5) is 0 Å². The van der Waals surface area contributed by atoms with E-state index in [1.54, 1.807) is 0 Å². The van der Waals surface area contributed by atoms with Gasteiger partial charge in [0, 0.05) is 18.8 Å². The third kappa shape index (κ3) is 9.82. The zero-order chi connectivity index (χ0) is 26.5. The molecular weight excluding hydrogens is 469 g/mol. The SMILES string of the molecule is O=C1CCCCCCCCCCC[C@@H](C(=O)N[C@@H](Cc2ccccc2)B(O)O)CC(=O)c2cncc1n2. The number of nitrogens with zero attached hydrogens (tertiary/aromatic N) is 2. The van der Waals surface area contributed by atoms with Gasteiger partial charge in [0.05, 0.1) is 18.3 Å². The quantitative estimate of drug-likeness (QED) is 0.524. The van der Waals surface area contributed by atoms with E-state index in [0.29, 0.717) is 12.8 Å². The fourth-order valence-electron chi connectivity index (χ4n) is 4.73. The highest BCUT2D eigenvalue weighted by atomic mass is 16.4. The van der Waals surface area contributed by atoms with Gasteiger partial charge in [-0.1, -0.05) is 81.7 Å². The maximum Gasteiger partial charge on any atom is 0.475 e. The summed E-state index contributed by atoms with van der Waals surface area (Å²) in [7, 11) is -1.74. The number of hydrogen-bond acceptors (Lipinski definition) is 7. The number of benzene rings is 1. The fourth-order valence-corrected chi connectivity index (χ4v) is 4.73. The fraction of sp³-hybridized carbons (Fsp3) is 0.536. The predicted octanol–water partition coefficient (Wildman–Crippen LogP) is 3.89. The van der Waals surface area contributed by atoms with Crippen LogP contribution < -0.4 is 5.32 Å². The number of amides is 1. The largest absolute Gasteiger partial charge is 0.475 e. The van der Waals surface area contributed by atoms with Crippen LogP contribution in [-0.2, 0) is 11.2 Å². The second-order valence-electron chi connectivity index (χ2n) is 9.98. The highest BCUT2D eigenvalue weighted by Crippen LogP contribution is 2.20. The number of nitrogens with one attached hydrogen (secondary N) is 1. The number of carbonyl (C=O) groups is 3. The molecule has 0 aliphatic carbocycles. The molecule has 198 valence electrons. The van der Waals surface area contributed by atoms with E-state index in [-0.39, 0.29) is 35.8 Å². The number of hydrogen-bond donors (Lipinski definition) is 3. The number of carbonyl (C=O) groups excluding carboxylic acids is 3. The summed E-state index contributed by atoms with van der Waals surface area (Å²) in [4.78, 5) is 47.3. The molecule has 9 heteroatoms. The van der Waals surface area contributed by atoms with Crippen molar-refractivity contribution in [3.05, 3.63) is 59.7 Å². The molecule has 2 bridgehead atoms. The molecule has 0 saturated carbocycles. The molecule has 0 fully saturated rings. The van der Waals surface area contributed by atoms with Crippen molar-refractivity contribution in [3.63, 3.8) is 0 Å². The molecule has 0 unspecified atom stereocenters. The summed E-state index contributed by atoms with van der Waals surface area (Å²) in [6.07, 6.45) is 12.9. The molecule has 1 amide bonds. The number of aromatic nitrogens is 2. The maximum atomic E-state index is 13.3. The monoisotopic (exact) mass is 507 g/mol. The average molecular weight is 507 g/mol. The lowest BCUT2D eigenvalue weighted by Crippen LogP contribution is -2.50. The molecule has 1 aliphatic rings. The minimum atomic E-state index is -1.74. The number of fused-ring (bicyclic) bond motifs is 2. The third-order valence-corrected chi connectivity index (χ3v) is 6.95. The van der Waals surface area contributed by atoms with Crippen LogP contribution in [-0.4, -0.2) is 50.5 Å². The number of Topliss-reactive ketones (excluding diaryl/α,β-unsaturated/α-hetero) is 2. The normalized spacial score (nSPS) is 19.4. The van der Waals surface area contributed by atoms with Crippen LogP contribution in [0.2, 0.25) is 0 Å². The molecule has 37 heavy (non-hydrogen) atoms. The Morgan fingerprint density at radius 2 is 1.49 bits per heavy atom. The first kappa shape index (κ1) is 28.7. The Bertz CT molecular complexity index is 1020. The first-order valence-corrected chi connectivity index (χ1v) is 13.5. The molecule has 1 aromatic heterocycles. The van der Waals surface area contributed by atoms with E-state index >= 15 is 0 Å². The van der Waals surface area contributed by atoms with Crippen LogP contribution in [0.15, 0.2) is 42.7 Å². The van der Waals surface area contributed by atoms with Crippen LogP contribution in [0.1, 0.15) is 104 Å². The molecule has 1 aliphatic heterocycles. The number of rotatable bonds is 5. The van der Waals surface area contributed by atoms with E-state index in [9.17, 15) is 24.4 Å². The molecule has 3 rings (SSSR count). The maximum absolute atomic E-state index is 13.3. The second-order valence-corrected chi connectivity index (χ2v) is 9.98. The Kier molecular flexibility index (Phi) is 11.9. The van der Waals surface area contributed by atoms with E-state index in [2.05, 4.69) is 15.3 Å². The van der Waals surface area contributed by atoms with E-state index < -0.39 is 24.9 Å². The van der Waals surface area contributed by atoms with Crippen molar-refractivity contribution in [1.29, 1.82) is 0 Å². The first-order chi connectivity index (χ1) is 17.9. The van der Waals surface area contributed by atoms with Crippen LogP contribution >= 0.6 is 0 Å². The Morgan fingerprint density at radius 3 is 2.14 bits per heavy atom. The van der Waals surface area contributed by atoms with Gasteiger partial charge >= 0.3 is 7.12 Å². The summed E-state index contributed by atoms with van der Waals surface area (Å²) >= 11 is 0. The minimum Gasteiger partial charge on any atom is -0.426 e. The lowest BCUT2D eigenvalue weighted by Gasteiger charge is -2.22. The van der Waals surface area contributed by atoms with E-state index in [0.717, 1.165) is 63.4 Å². The Hall–Kier alpha value is -2.91. The molecule has 1 aromatic carbocycles. The average Bonchev–Trinajstić information content (AvgIpc) is 2.90. The lowest BCUT2D eigenvalue weighted by molar-refractivity contribution is -0.125. The van der Waals surface area contributed by atoms with Gasteiger partial charge in [0.15, 0.2) is 11.6 Å². The summed E-state index contributed by atoms with van der Waals surface area (Å²) in [5, 5.41) is 22.6. The van der Waals surface area contributed by atoms with Gasteiger partial charge in [-0.3, -0.25) is 19.4 Å². The zero-order valence-corrected chi connectivity index (χ0v) is 21.5. The summed E-state index contributed by atoms with van der Waals surface area (Å²) in [5.74, 6) is -2.42. The molecular formula is C28H38BN3O5. The van der Waals surface area contributed by atoms with Gasteiger partial charge in [-0.2, -0.15) is 0 Å². The second kappa shape index (κ2) is 15.4. The molecule has 2 atom stereocenters. The van der Waals surface area contributed by atoms with E-state index in [1.807, 2.05) is 30.3 Å². The van der Waals surface area contributed by atoms with E-state index in [4.69, 9.17) is 0 Å². The van der Waals surface area contributed by atoms with Gasteiger partial charge in [-0.05, 0) is 24.8 Å². The van der Waals surface area contributed by atoms with Crippen molar-refractivity contribution in [2.75, 3.05) is 0 Å². The summed E-state index contributed by atoms with van der Waals surface area (Å²) in [6, 6.07) is 9.28. The standard InChI is InChI=1S/C28H38BN3O5/c33-25-16-12-7-5-3-1-2-4-6-11-15-22(18-26(34)24-20-30-19-23(25)31-24)28(35)32-27(29(36)37)17-21-13-9-8-10-14-21/h8-10,13-14,19-20,22,27,36-37H,1-7,11-12,15-18H2,(H,32,35)/t22-,27+/m1/s1. The number of ketones is 2. The highest BCUT2D eigenvalue weighted by molar-refractivity contribution is 6.43. The van der Waals surface area contributed by atoms with Crippen molar-refractivity contribution >= 4 is 24.6 Å². The van der Waals surface area contributed by atoms with Crippen molar-refractivity contribution in [3.8, 4) is 0 Å². The Labute approximate surface area is 219 Å². The predicted molar refractivity (Wildman–Crippen MR) is 142 cm³/mol. The smallest absolute Gasteiger partial charge is 0.426 e. The lowest BCUT2D eigenvalue weighted by atomic mass is 9.75. The summed E-state index contributed by atoms with van der Waals surface area (Å²) in [6.45, 7) is 0. The van der Waals surface area contributed by atoms with Crippen LogP contribution in [0.25, 0.3) is 0 Å². The molecule has 0 spiro atoms. The van der Waals surface area contributed by atoms with E-state index in [1.165, 1.54) is 12.4 Å². The van der Waals surface area contributed by atoms with Gasteiger partial charge < -0.3 is 15.4 Å². The van der Waals surface area contributed by atoms with Crippen LogP contribution in [0.3, 0.4) is 0 Å². The minimum absolute atomic E-state index is 0.0767. The van der Waals surface area contributed by atoms with Gasteiger partial charge in [0.1, 0.15) is 11.4 Å². The molecule has 8 nitrogen and oxygen atoms in total. The van der Waals surface area contributed by atoms with Gasteiger partial charge in [0.2, 0.25) is 5.91 Å². The van der Waals surface area contributed by atoms with Gasteiger partial charge in [-0.15, -0.1) is 0 Å². The summed E-state index contributed by atoms with van der Waals surface area (Å²) in [5.41, 5.74) is 1.12. The summed E-state index contributed by atoms with van der Waals surface area (Å²) < 4.78 is 0. The highest BCUT2D eigenvalue weighted by Gasteiger charge is 2.30. The molecule has 0 radical (unpaired) electrons. The Balaban J connectivity index is 1.74. The molecule has 0 saturated heterocycles. The van der Waals surface area contributed by atoms with Crippen molar-refractivity contribution in [2.24, 2.45) is 5.92 Å². The van der Waals surface area contributed by atoms with Crippen molar-refractivity contribution in [1.82, 2.24) is 15.3 Å². The van der Waals surface area contributed by atoms with Crippen molar-refractivity contribution < 1.29 is 24.4 Å². The van der Waals surface area contributed by atoms with Crippen LogP contribution in [0, 0.1) is 5.92 Å². The third-order valence-electron chi connectivity index (χ3n) is 6.95. The topological polar surface area (TPSA) is 129 Å². The molecule has 2 heterocycles. The molecule has 2 aromatic rings. The van der Waals surface area contributed by atoms with Gasteiger partial charge in [0.25, 0.3) is 0 Å². The first-order valence-electron chi connectivity index (χ1n) is 13.5. The van der Waals surface area contributed by atoms with Crippen LogP contribution in [0.5, 0.6) is 0 Å². The zero-order valence-electron chi connectivity index (χ0n) is 21.5. The van der Waals surface area contributed by atoms with Crippen molar-refractivity contribution in [2.45, 2.75) is 89.4 Å². The van der Waals surface area contributed by atoms with Gasteiger partial charge in [-0.25, -0.2) is 4.98 Å². The Morgan fingerprint density at radius 1 is 0.892 bits per heavy atom.